The number of carbonyl (C=O) groups is 1. The van der Waals surface area contributed by atoms with E-state index in [2.05, 4.69) is 15.3 Å². The predicted molar refractivity (Wildman–Crippen MR) is 93.6 cm³/mol. The number of primary amides is 1. The molecule has 1 aromatic heterocycles. The second-order valence-corrected chi connectivity index (χ2v) is 6.71. The number of benzene rings is 1. The summed E-state index contributed by atoms with van der Waals surface area (Å²) < 4.78 is 37.8. The molecule has 26 heavy (non-hydrogen) atoms. The van der Waals surface area contributed by atoms with E-state index in [1.54, 1.807) is 6.07 Å². The molecular formula is C17H20ClF3N4O. The Morgan fingerprint density at radius 2 is 1.88 bits per heavy atom. The van der Waals surface area contributed by atoms with E-state index in [-0.39, 0.29) is 16.3 Å². The summed E-state index contributed by atoms with van der Waals surface area (Å²) in [6.07, 6.45) is -0.191. The Hall–Kier alpha value is -2.19. The third-order valence-electron chi connectivity index (χ3n) is 3.01. The molecule has 1 aromatic carbocycles. The number of nitrogens with two attached hydrogens (primary N) is 1. The first-order chi connectivity index (χ1) is 11.9. The Balaban J connectivity index is 0.000000314. The highest BCUT2D eigenvalue weighted by Crippen LogP contribution is 2.36. The van der Waals surface area contributed by atoms with Crippen LogP contribution < -0.4 is 11.1 Å². The van der Waals surface area contributed by atoms with E-state index in [0.717, 1.165) is 6.07 Å². The van der Waals surface area contributed by atoms with Crippen molar-refractivity contribution in [2.45, 2.75) is 39.0 Å². The molecule has 9 heteroatoms. The molecule has 0 unspecified atom stereocenters. The van der Waals surface area contributed by atoms with Crippen molar-refractivity contribution in [3.05, 3.63) is 58.6 Å². The van der Waals surface area contributed by atoms with E-state index in [9.17, 15) is 18.0 Å². The van der Waals surface area contributed by atoms with Crippen molar-refractivity contribution < 1.29 is 18.0 Å². The van der Waals surface area contributed by atoms with Crippen LogP contribution in [-0.4, -0.2) is 21.4 Å². The van der Waals surface area contributed by atoms with Crippen LogP contribution in [0.4, 0.5) is 13.2 Å². The first kappa shape index (κ1) is 21.9. The summed E-state index contributed by atoms with van der Waals surface area (Å²) in [5, 5.41) is 2.88. The molecule has 0 aliphatic rings. The van der Waals surface area contributed by atoms with Crippen molar-refractivity contribution >= 4 is 17.5 Å². The van der Waals surface area contributed by atoms with E-state index < -0.39 is 17.6 Å². The zero-order valence-corrected chi connectivity index (χ0v) is 15.3. The fourth-order valence-corrected chi connectivity index (χ4v) is 2.02. The van der Waals surface area contributed by atoms with Gasteiger partial charge in [0.15, 0.2) is 0 Å². The van der Waals surface area contributed by atoms with Gasteiger partial charge in [-0.15, -0.1) is 0 Å². The SMILES string of the molecule is CC(C)(C)NCc1cccc(C(F)(F)F)c1Cl.NC(=O)c1cnccn1. The number of alkyl halides is 3. The van der Waals surface area contributed by atoms with Crippen LogP contribution in [0.25, 0.3) is 0 Å². The monoisotopic (exact) mass is 388 g/mol. The molecular weight excluding hydrogens is 369 g/mol. The molecule has 0 saturated carbocycles. The number of amides is 1. The quantitative estimate of drug-likeness (QED) is 0.837. The van der Waals surface area contributed by atoms with E-state index >= 15 is 0 Å². The highest BCUT2D eigenvalue weighted by molar-refractivity contribution is 6.32. The van der Waals surface area contributed by atoms with Crippen molar-refractivity contribution in [1.82, 2.24) is 15.3 Å². The van der Waals surface area contributed by atoms with Crippen molar-refractivity contribution in [2.24, 2.45) is 5.73 Å². The van der Waals surface area contributed by atoms with Gasteiger partial charge >= 0.3 is 6.18 Å². The van der Waals surface area contributed by atoms with Crippen LogP contribution in [0.1, 0.15) is 42.4 Å². The number of nitrogens with one attached hydrogen (secondary N) is 1. The van der Waals surface area contributed by atoms with Gasteiger partial charge in [0.2, 0.25) is 0 Å². The topological polar surface area (TPSA) is 80.9 Å². The molecule has 2 aromatic rings. The lowest BCUT2D eigenvalue weighted by atomic mass is 10.1. The van der Waals surface area contributed by atoms with Gasteiger partial charge in [0.25, 0.3) is 5.91 Å². The number of halogens is 4. The molecule has 0 atom stereocenters. The molecule has 0 saturated heterocycles. The van der Waals surface area contributed by atoms with Gasteiger partial charge in [-0.2, -0.15) is 13.2 Å². The standard InChI is InChI=1S/C12H15ClF3N.C5H5N3O/c1-11(2,3)17-7-8-5-4-6-9(10(8)13)12(14,15)16;6-5(9)4-3-7-1-2-8-4/h4-6,17H,7H2,1-3H3;1-3H,(H2,6,9). The molecule has 0 spiro atoms. The van der Waals surface area contributed by atoms with Crippen LogP contribution in [0.2, 0.25) is 5.02 Å². The van der Waals surface area contributed by atoms with Crippen molar-refractivity contribution in [2.75, 3.05) is 0 Å². The molecule has 5 nitrogen and oxygen atoms in total. The van der Waals surface area contributed by atoms with Crippen LogP contribution in [0, 0.1) is 0 Å². The van der Waals surface area contributed by atoms with Gasteiger partial charge in [-0.3, -0.25) is 9.78 Å². The fraction of sp³-hybridized carbons (Fsp3) is 0.353. The third kappa shape index (κ3) is 7.37. The third-order valence-corrected chi connectivity index (χ3v) is 3.46. The number of aromatic nitrogens is 2. The van der Waals surface area contributed by atoms with E-state index in [1.165, 1.54) is 24.7 Å². The average molecular weight is 389 g/mol. The Bertz CT molecular complexity index is 731. The maximum atomic E-state index is 12.6. The molecule has 0 fully saturated rings. The molecule has 0 radical (unpaired) electrons. The molecule has 3 N–H and O–H groups in total. The summed E-state index contributed by atoms with van der Waals surface area (Å²) in [4.78, 5) is 17.6. The van der Waals surface area contributed by atoms with Gasteiger partial charge in [-0.25, -0.2) is 4.98 Å². The summed E-state index contributed by atoms with van der Waals surface area (Å²) in [6, 6.07) is 3.95. The Kier molecular flexibility index (Phi) is 7.53. The minimum atomic E-state index is -4.41. The summed E-state index contributed by atoms with van der Waals surface area (Å²) in [7, 11) is 0. The zero-order chi connectivity index (χ0) is 20.0. The fourth-order valence-electron chi connectivity index (χ4n) is 1.72. The Morgan fingerprint density at radius 1 is 1.23 bits per heavy atom. The van der Waals surface area contributed by atoms with Crippen molar-refractivity contribution in [3.8, 4) is 0 Å². The zero-order valence-electron chi connectivity index (χ0n) is 14.6. The number of hydrogen-bond acceptors (Lipinski definition) is 4. The normalized spacial score (nSPS) is 11.5. The number of hydrogen-bond donors (Lipinski definition) is 2. The smallest absolute Gasteiger partial charge is 0.364 e. The lowest BCUT2D eigenvalue weighted by molar-refractivity contribution is -0.137. The second-order valence-electron chi connectivity index (χ2n) is 6.33. The summed E-state index contributed by atoms with van der Waals surface area (Å²) >= 11 is 5.76. The van der Waals surface area contributed by atoms with Gasteiger partial charge in [-0.1, -0.05) is 23.7 Å². The number of nitrogens with zero attached hydrogens (tertiary/aromatic N) is 2. The maximum Gasteiger partial charge on any atom is 0.417 e. The van der Waals surface area contributed by atoms with E-state index in [0.29, 0.717) is 12.1 Å². The minimum Gasteiger partial charge on any atom is -0.364 e. The van der Waals surface area contributed by atoms with Crippen molar-refractivity contribution in [1.29, 1.82) is 0 Å². The lowest BCUT2D eigenvalue weighted by Crippen LogP contribution is -2.35. The molecule has 1 heterocycles. The van der Waals surface area contributed by atoms with Crippen LogP contribution >= 0.6 is 11.6 Å². The molecule has 0 bridgehead atoms. The summed E-state index contributed by atoms with van der Waals surface area (Å²) in [5.74, 6) is -0.553. The molecule has 142 valence electrons. The largest absolute Gasteiger partial charge is 0.417 e. The van der Waals surface area contributed by atoms with Crippen LogP contribution in [-0.2, 0) is 12.7 Å². The van der Waals surface area contributed by atoms with Gasteiger partial charge in [0, 0.05) is 24.5 Å². The average Bonchev–Trinajstić information content (AvgIpc) is 2.53. The Labute approximate surface area is 154 Å². The first-order valence-corrected chi connectivity index (χ1v) is 7.95. The van der Waals surface area contributed by atoms with Crippen molar-refractivity contribution in [3.63, 3.8) is 0 Å². The van der Waals surface area contributed by atoms with Crippen LogP contribution in [0.3, 0.4) is 0 Å². The van der Waals surface area contributed by atoms with Crippen LogP contribution in [0.15, 0.2) is 36.8 Å². The predicted octanol–water partition coefficient (Wildman–Crippen LogP) is 3.82. The van der Waals surface area contributed by atoms with Gasteiger partial charge in [-0.05, 0) is 32.4 Å². The van der Waals surface area contributed by atoms with E-state index in [1.807, 2.05) is 20.8 Å². The molecule has 1 amide bonds. The molecule has 2 rings (SSSR count). The van der Waals surface area contributed by atoms with Gasteiger partial charge < -0.3 is 11.1 Å². The summed E-state index contributed by atoms with van der Waals surface area (Å²) in [5.41, 5.74) is 4.57. The van der Waals surface area contributed by atoms with Crippen LogP contribution in [0.5, 0.6) is 0 Å². The lowest BCUT2D eigenvalue weighted by Gasteiger charge is -2.21. The van der Waals surface area contributed by atoms with Gasteiger partial charge in [0.05, 0.1) is 16.8 Å². The second kappa shape index (κ2) is 8.95. The highest BCUT2D eigenvalue weighted by Gasteiger charge is 2.33. The highest BCUT2D eigenvalue weighted by atomic mass is 35.5. The molecule has 0 aliphatic heterocycles. The minimum absolute atomic E-state index is 0.169. The molecule has 0 aliphatic carbocycles. The maximum absolute atomic E-state index is 12.6. The first-order valence-electron chi connectivity index (χ1n) is 7.57. The number of rotatable bonds is 3. The Morgan fingerprint density at radius 3 is 2.31 bits per heavy atom. The number of carbonyl (C=O) groups excluding carboxylic acids is 1. The van der Waals surface area contributed by atoms with Gasteiger partial charge in [0.1, 0.15) is 5.69 Å². The van der Waals surface area contributed by atoms with E-state index in [4.69, 9.17) is 17.3 Å². The summed E-state index contributed by atoms with van der Waals surface area (Å²) in [6.45, 7) is 6.13.